The predicted octanol–water partition coefficient (Wildman–Crippen LogP) is 0.603. The number of pyridine rings is 1. The van der Waals surface area contributed by atoms with E-state index in [9.17, 15) is 9.90 Å². The highest BCUT2D eigenvalue weighted by atomic mass is 16.3. The number of piperidine rings is 1. The number of aliphatic hydroxyl groups is 1. The molecule has 3 rings (SSSR count). The summed E-state index contributed by atoms with van der Waals surface area (Å²) < 4.78 is 0. The molecule has 1 fully saturated rings. The van der Waals surface area contributed by atoms with Gasteiger partial charge in [0.15, 0.2) is 0 Å². The maximum atomic E-state index is 12.1. The Morgan fingerprint density at radius 3 is 3.08 bits per heavy atom. The molecule has 1 aliphatic rings. The third kappa shape index (κ3) is 4.66. The first-order valence-corrected chi connectivity index (χ1v) is 8.71. The lowest BCUT2D eigenvalue weighted by Crippen LogP contribution is -2.54. The first-order valence-electron chi connectivity index (χ1n) is 8.71. The molecule has 3 N–H and O–H groups in total. The van der Waals surface area contributed by atoms with Crippen LogP contribution in [0.2, 0.25) is 0 Å². The summed E-state index contributed by atoms with van der Waals surface area (Å²) in [6.07, 6.45) is 6.57. The van der Waals surface area contributed by atoms with Crippen LogP contribution < -0.4 is 15.5 Å². The summed E-state index contributed by atoms with van der Waals surface area (Å²) in [5, 5.41) is 16.8. The molecule has 0 aromatic carbocycles. The van der Waals surface area contributed by atoms with E-state index in [1.54, 1.807) is 25.5 Å². The molecule has 1 aliphatic heterocycles. The van der Waals surface area contributed by atoms with Crippen molar-refractivity contribution in [2.75, 3.05) is 36.9 Å². The third-order valence-electron chi connectivity index (χ3n) is 4.49. The van der Waals surface area contributed by atoms with Crippen LogP contribution in [-0.2, 0) is 11.2 Å². The van der Waals surface area contributed by atoms with Crippen molar-refractivity contribution in [1.82, 2.24) is 20.3 Å². The van der Waals surface area contributed by atoms with Gasteiger partial charge in [-0.2, -0.15) is 0 Å². The number of nitrogens with zero attached hydrogens (tertiary/aromatic N) is 4. The number of rotatable bonds is 6. The van der Waals surface area contributed by atoms with Gasteiger partial charge in [-0.3, -0.25) is 9.78 Å². The number of hydrogen-bond donors (Lipinski definition) is 3. The van der Waals surface area contributed by atoms with E-state index in [2.05, 4.69) is 25.6 Å². The standard InChI is InChI=1S/C18H24N6O2/c1-19-15-9-16(23-13-22-15)24-7-3-5-18(26,12-24)11-21-17(25)8-14-4-2-6-20-10-14/h2,4,6,9-10,13,26H,3,5,7-8,11-12H2,1H3,(H,21,25)(H,19,22,23). The summed E-state index contributed by atoms with van der Waals surface area (Å²) in [6, 6.07) is 5.51. The van der Waals surface area contributed by atoms with E-state index in [0.717, 1.165) is 30.2 Å². The maximum Gasteiger partial charge on any atom is 0.224 e. The van der Waals surface area contributed by atoms with Crippen LogP contribution in [0.4, 0.5) is 11.6 Å². The number of carbonyl (C=O) groups is 1. The Hall–Kier alpha value is -2.74. The number of carbonyl (C=O) groups excluding carboxylic acids is 1. The average molecular weight is 356 g/mol. The van der Waals surface area contributed by atoms with Crippen LogP contribution in [0.3, 0.4) is 0 Å². The number of anilines is 2. The maximum absolute atomic E-state index is 12.1. The van der Waals surface area contributed by atoms with Crippen molar-refractivity contribution in [3.05, 3.63) is 42.5 Å². The molecule has 3 heterocycles. The number of nitrogens with one attached hydrogen (secondary N) is 2. The van der Waals surface area contributed by atoms with Gasteiger partial charge in [-0.05, 0) is 24.5 Å². The molecule has 1 amide bonds. The second-order valence-corrected chi connectivity index (χ2v) is 6.58. The Bertz CT molecular complexity index is 741. The van der Waals surface area contributed by atoms with Crippen LogP contribution in [0.5, 0.6) is 0 Å². The number of aromatic nitrogens is 3. The fourth-order valence-electron chi connectivity index (χ4n) is 3.12. The minimum Gasteiger partial charge on any atom is -0.386 e. The molecule has 2 aromatic heterocycles. The van der Waals surface area contributed by atoms with Crippen LogP contribution in [0.15, 0.2) is 36.9 Å². The van der Waals surface area contributed by atoms with E-state index >= 15 is 0 Å². The summed E-state index contributed by atoms with van der Waals surface area (Å²) in [4.78, 5) is 26.6. The lowest BCUT2D eigenvalue weighted by atomic mass is 9.92. The quantitative estimate of drug-likeness (QED) is 0.696. The third-order valence-corrected chi connectivity index (χ3v) is 4.49. The van der Waals surface area contributed by atoms with Gasteiger partial charge in [-0.15, -0.1) is 0 Å². The summed E-state index contributed by atoms with van der Waals surface area (Å²) in [6.45, 7) is 1.44. The summed E-state index contributed by atoms with van der Waals surface area (Å²) in [7, 11) is 1.80. The Morgan fingerprint density at radius 2 is 2.31 bits per heavy atom. The normalized spacial score (nSPS) is 19.8. The minimum atomic E-state index is -0.979. The second kappa shape index (κ2) is 8.09. The van der Waals surface area contributed by atoms with Gasteiger partial charge in [0, 0.05) is 45.1 Å². The van der Waals surface area contributed by atoms with Gasteiger partial charge in [-0.25, -0.2) is 9.97 Å². The number of hydrogen-bond acceptors (Lipinski definition) is 7. The first kappa shape index (κ1) is 18.1. The molecule has 1 unspecified atom stereocenters. The molecule has 1 saturated heterocycles. The fraction of sp³-hybridized carbons (Fsp3) is 0.444. The van der Waals surface area contributed by atoms with E-state index in [1.807, 2.05) is 17.0 Å². The van der Waals surface area contributed by atoms with Crippen molar-refractivity contribution >= 4 is 17.5 Å². The van der Waals surface area contributed by atoms with Gasteiger partial charge < -0.3 is 20.6 Å². The van der Waals surface area contributed by atoms with Crippen molar-refractivity contribution < 1.29 is 9.90 Å². The average Bonchev–Trinajstić information content (AvgIpc) is 2.67. The molecule has 0 aliphatic carbocycles. The highest BCUT2D eigenvalue weighted by Gasteiger charge is 2.34. The molecular weight excluding hydrogens is 332 g/mol. The Labute approximate surface area is 152 Å². The van der Waals surface area contributed by atoms with E-state index in [0.29, 0.717) is 13.0 Å². The largest absolute Gasteiger partial charge is 0.386 e. The van der Waals surface area contributed by atoms with Crippen molar-refractivity contribution in [2.45, 2.75) is 24.9 Å². The van der Waals surface area contributed by atoms with Gasteiger partial charge in [0.2, 0.25) is 5.91 Å². The van der Waals surface area contributed by atoms with Crippen molar-refractivity contribution in [2.24, 2.45) is 0 Å². The molecule has 0 saturated carbocycles. The molecule has 0 bridgehead atoms. The summed E-state index contributed by atoms with van der Waals surface area (Å²) in [5.41, 5.74) is -0.129. The molecule has 26 heavy (non-hydrogen) atoms. The zero-order valence-corrected chi connectivity index (χ0v) is 14.9. The number of β-amino-alcohol motifs (C(OH)–C–C–N with tert-alkyl or cyclic N) is 1. The Morgan fingerprint density at radius 1 is 1.42 bits per heavy atom. The van der Waals surface area contributed by atoms with E-state index in [-0.39, 0.29) is 18.9 Å². The zero-order valence-electron chi connectivity index (χ0n) is 14.9. The van der Waals surface area contributed by atoms with Gasteiger partial charge in [0.05, 0.1) is 12.0 Å². The zero-order chi connectivity index (χ0) is 18.4. The highest BCUT2D eigenvalue weighted by molar-refractivity contribution is 5.78. The topological polar surface area (TPSA) is 103 Å². The summed E-state index contributed by atoms with van der Waals surface area (Å²) in [5.74, 6) is 1.38. The predicted molar refractivity (Wildman–Crippen MR) is 98.9 cm³/mol. The van der Waals surface area contributed by atoms with Crippen LogP contribution in [-0.4, -0.2) is 58.2 Å². The van der Waals surface area contributed by atoms with Gasteiger partial charge in [-0.1, -0.05) is 6.07 Å². The van der Waals surface area contributed by atoms with E-state index in [4.69, 9.17) is 0 Å². The lowest BCUT2D eigenvalue weighted by molar-refractivity contribution is -0.121. The van der Waals surface area contributed by atoms with Crippen LogP contribution in [0, 0.1) is 0 Å². The molecule has 1 atom stereocenters. The minimum absolute atomic E-state index is 0.122. The molecule has 138 valence electrons. The number of amides is 1. The molecule has 0 spiro atoms. The molecule has 8 nitrogen and oxygen atoms in total. The van der Waals surface area contributed by atoms with Crippen molar-refractivity contribution in [3.8, 4) is 0 Å². The Balaban J connectivity index is 1.57. The monoisotopic (exact) mass is 356 g/mol. The molecule has 8 heteroatoms. The smallest absolute Gasteiger partial charge is 0.224 e. The second-order valence-electron chi connectivity index (χ2n) is 6.58. The fourth-order valence-corrected chi connectivity index (χ4v) is 3.12. The Kier molecular flexibility index (Phi) is 5.62. The van der Waals surface area contributed by atoms with Crippen LogP contribution in [0.1, 0.15) is 18.4 Å². The first-order chi connectivity index (χ1) is 12.6. The highest BCUT2D eigenvalue weighted by Crippen LogP contribution is 2.25. The van der Waals surface area contributed by atoms with Gasteiger partial charge in [0.25, 0.3) is 0 Å². The van der Waals surface area contributed by atoms with E-state index < -0.39 is 5.60 Å². The SMILES string of the molecule is CNc1cc(N2CCCC(O)(CNC(=O)Cc3cccnc3)C2)ncn1. The molecular formula is C18H24N6O2. The van der Waals surface area contributed by atoms with Crippen molar-refractivity contribution in [1.29, 1.82) is 0 Å². The van der Waals surface area contributed by atoms with Crippen molar-refractivity contribution in [3.63, 3.8) is 0 Å². The molecule has 2 aromatic rings. The van der Waals surface area contributed by atoms with Gasteiger partial charge >= 0.3 is 0 Å². The lowest BCUT2D eigenvalue weighted by Gasteiger charge is -2.39. The van der Waals surface area contributed by atoms with E-state index in [1.165, 1.54) is 6.33 Å². The van der Waals surface area contributed by atoms with Crippen LogP contribution in [0.25, 0.3) is 0 Å². The molecule has 0 radical (unpaired) electrons. The summed E-state index contributed by atoms with van der Waals surface area (Å²) >= 11 is 0. The van der Waals surface area contributed by atoms with Crippen LogP contribution >= 0.6 is 0 Å². The van der Waals surface area contributed by atoms with Gasteiger partial charge in [0.1, 0.15) is 18.0 Å².